The fraction of sp³-hybridized carbons (Fsp3) is 0.182. The predicted octanol–water partition coefficient (Wildman–Crippen LogP) is 9.66. The van der Waals surface area contributed by atoms with E-state index < -0.39 is 84.6 Å². The van der Waals surface area contributed by atoms with Crippen LogP contribution >= 0.6 is 15.9 Å². The highest BCUT2D eigenvalue weighted by molar-refractivity contribution is 9.10. The zero-order valence-corrected chi connectivity index (χ0v) is 56.7. The normalized spacial score (nSPS) is 13.4. The summed E-state index contributed by atoms with van der Waals surface area (Å²) in [6.07, 6.45) is 7.40. The van der Waals surface area contributed by atoms with Crippen molar-refractivity contribution >= 4 is 116 Å². The van der Waals surface area contributed by atoms with E-state index in [9.17, 15) is 53.6 Å². The molecular weight excluding hydrogens is 1380 g/mol. The van der Waals surface area contributed by atoms with Crippen LogP contribution in [0.4, 0.5) is 28.9 Å². The van der Waals surface area contributed by atoms with Crippen LogP contribution in [0.2, 0.25) is 0 Å². The van der Waals surface area contributed by atoms with Gasteiger partial charge in [0.25, 0.3) is 22.9 Å². The summed E-state index contributed by atoms with van der Waals surface area (Å²) in [5.74, 6) is -2.43. The molecule has 502 valence electrons. The van der Waals surface area contributed by atoms with E-state index in [-0.39, 0.29) is 78.8 Å². The second kappa shape index (κ2) is 26.5. The summed E-state index contributed by atoms with van der Waals surface area (Å²) in [4.78, 5) is 76.9. The van der Waals surface area contributed by atoms with Crippen LogP contribution < -0.4 is 35.8 Å². The molecule has 13 rings (SSSR count). The number of aromatic nitrogens is 8. The first kappa shape index (κ1) is 68.8. The van der Waals surface area contributed by atoms with Crippen LogP contribution in [0.3, 0.4) is 0 Å². The van der Waals surface area contributed by atoms with Crippen LogP contribution in [0.25, 0.3) is 89.5 Å². The van der Waals surface area contributed by atoms with Gasteiger partial charge in [0.05, 0.1) is 75.7 Å². The van der Waals surface area contributed by atoms with Gasteiger partial charge in [-0.2, -0.15) is 0 Å². The monoisotopic (exact) mass is 1440 g/mol. The summed E-state index contributed by atoms with van der Waals surface area (Å²) < 4.78 is 134. The Morgan fingerprint density at radius 3 is 1.44 bits per heavy atom. The minimum absolute atomic E-state index is 0.0125. The summed E-state index contributed by atoms with van der Waals surface area (Å²) in [6.45, 7) is 7.58. The zero-order chi connectivity index (χ0) is 70.7. The van der Waals surface area contributed by atoms with Crippen LogP contribution in [0.15, 0.2) is 169 Å². The second-order valence-corrected chi connectivity index (χ2v) is 28.0. The third-order valence-corrected chi connectivity index (χ3v) is 19.1. The summed E-state index contributed by atoms with van der Waals surface area (Å²) in [5.41, 5.74) is 1.31. The number of fused-ring (bicyclic) bond motifs is 4. The lowest BCUT2D eigenvalue weighted by Gasteiger charge is -2.32. The van der Waals surface area contributed by atoms with E-state index in [1.54, 1.807) is 18.2 Å². The molecule has 1 saturated heterocycles. The molecule has 32 heteroatoms. The highest BCUT2D eigenvalue weighted by Gasteiger charge is 2.53. The molecule has 0 spiro atoms. The van der Waals surface area contributed by atoms with Gasteiger partial charge in [-0.25, -0.2) is 64.3 Å². The molecular formula is C66H56BBrF4N12O12S2. The number of amides is 2. The van der Waals surface area contributed by atoms with Gasteiger partial charge in [-0.3, -0.25) is 36.9 Å². The Morgan fingerprint density at radius 2 is 0.990 bits per heavy atom. The van der Waals surface area contributed by atoms with Gasteiger partial charge >= 0.3 is 7.12 Å². The van der Waals surface area contributed by atoms with Gasteiger partial charge in [-0.05, 0) is 141 Å². The van der Waals surface area contributed by atoms with E-state index in [0.717, 1.165) is 31.8 Å². The third kappa shape index (κ3) is 13.5. The number of benzene rings is 6. The number of furan rings is 2. The molecule has 2 amide bonds. The average Bonchev–Trinajstić information content (AvgIpc) is 1.57. The first-order chi connectivity index (χ1) is 46.3. The van der Waals surface area contributed by atoms with E-state index in [1.165, 1.54) is 155 Å². The Bertz CT molecular complexity index is 5550. The van der Waals surface area contributed by atoms with E-state index in [4.69, 9.17) is 18.1 Å². The molecule has 98 heavy (non-hydrogen) atoms. The zero-order valence-electron chi connectivity index (χ0n) is 53.5. The largest absolute Gasteiger partial charge is 0.497 e. The summed E-state index contributed by atoms with van der Waals surface area (Å²) in [6, 6.07) is 28.2. The summed E-state index contributed by atoms with van der Waals surface area (Å²) in [5, 5.41) is 5.93. The molecule has 0 bridgehead atoms. The van der Waals surface area contributed by atoms with Crippen molar-refractivity contribution < 1.29 is 62.1 Å². The van der Waals surface area contributed by atoms with Crippen molar-refractivity contribution in [2.45, 2.75) is 38.9 Å². The number of nitrogens with zero attached hydrogens (tertiary/aromatic N) is 10. The molecule has 6 aromatic heterocycles. The van der Waals surface area contributed by atoms with Crippen molar-refractivity contribution in [3.63, 3.8) is 0 Å². The quantitative estimate of drug-likeness (QED) is 0.0849. The van der Waals surface area contributed by atoms with Gasteiger partial charge in [0.15, 0.2) is 22.3 Å². The number of carbonyl (C=O) groups excluding carboxylic acids is 2. The van der Waals surface area contributed by atoms with E-state index >= 15 is 0 Å². The Kier molecular flexibility index (Phi) is 18.6. The maximum absolute atomic E-state index is 13.9. The third-order valence-electron chi connectivity index (χ3n) is 16.3. The lowest BCUT2D eigenvalue weighted by Crippen LogP contribution is -2.41. The number of nitrogens with one attached hydrogen (secondary N) is 2. The van der Waals surface area contributed by atoms with Crippen molar-refractivity contribution in [2.75, 3.05) is 49.3 Å². The SMILES string of the molecule is CNC(=O)c1c(-c2ccc(F)cc2)oc2cc(N(C)S(C)(=O)=O)c(-c3cnc4ncn(-c5cccc(F)c5)c(=O)c4n3)cc12.CNC(=O)c1c(-c2ccc(F)cc2)oc2cc(N(C)S(C)(=O)=O)c(B3OC(C)(C)C(C)(C)O3)cc12.O=c1c2nc(Br)cnc2ncn1-c1cccc(F)c1. The fourth-order valence-electron chi connectivity index (χ4n) is 10.4. The molecule has 0 saturated carbocycles. The fourth-order valence-corrected chi connectivity index (χ4v) is 11.7. The van der Waals surface area contributed by atoms with Crippen LogP contribution in [0.1, 0.15) is 48.4 Å². The minimum Gasteiger partial charge on any atom is -0.455 e. The van der Waals surface area contributed by atoms with Crippen LogP contribution in [0.5, 0.6) is 0 Å². The summed E-state index contributed by atoms with van der Waals surface area (Å²) >= 11 is 3.15. The van der Waals surface area contributed by atoms with Gasteiger partial charge in [-0.1, -0.05) is 12.1 Å². The van der Waals surface area contributed by atoms with Gasteiger partial charge in [0.1, 0.15) is 63.2 Å². The van der Waals surface area contributed by atoms with Crippen molar-refractivity contribution in [1.29, 1.82) is 0 Å². The highest BCUT2D eigenvalue weighted by atomic mass is 79.9. The Hall–Kier alpha value is -10.5. The molecule has 0 aliphatic carbocycles. The number of rotatable bonds is 12. The lowest BCUT2D eigenvalue weighted by molar-refractivity contribution is 0.00578. The maximum Gasteiger partial charge on any atom is 0.497 e. The number of sulfonamides is 2. The second-order valence-electron chi connectivity index (χ2n) is 23.2. The first-order valence-corrected chi connectivity index (χ1v) is 33.8. The standard InChI is InChI=1S/C30H22F2N6O5S.C24H28BFN2O6S.C12H6BrFN4O/c1-33-29(39)25-21-12-20(22-14-34-28-26(36-22)30(40)38(15-35-28)19-6-4-5-18(32)11-19)23(37(2)44(3,41)42)13-24(21)43-27(25)16-7-9-17(31)10-8-16;1-23(2)24(3,4)34-25(33-23)17-12-16-19(13-18(17)28(6)35(7,30)31)32-21(20(16)22(29)27-5)14-8-10-15(26)11-9-14;13-9-5-15-11-10(17-9)12(19)18(6-16-11)8-3-1-2-7(14)4-8/h4-15H,1-3H3,(H,33,39);8-13H,1-7H3,(H,27,29);1-6H. The smallest absolute Gasteiger partial charge is 0.455 e. The molecule has 6 aromatic carbocycles. The molecule has 24 nitrogen and oxygen atoms in total. The Balaban J connectivity index is 0.000000160. The molecule has 1 aliphatic rings. The molecule has 1 aliphatic heterocycles. The highest BCUT2D eigenvalue weighted by Crippen LogP contribution is 2.43. The van der Waals surface area contributed by atoms with Crippen LogP contribution in [-0.2, 0) is 29.4 Å². The van der Waals surface area contributed by atoms with Gasteiger partial charge < -0.3 is 28.8 Å². The lowest BCUT2D eigenvalue weighted by atomic mass is 9.77. The van der Waals surface area contributed by atoms with Crippen molar-refractivity contribution in [3.05, 3.63) is 206 Å². The first-order valence-electron chi connectivity index (χ1n) is 29.3. The minimum atomic E-state index is -3.82. The van der Waals surface area contributed by atoms with Crippen molar-refractivity contribution in [2.24, 2.45) is 0 Å². The molecule has 7 heterocycles. The number of hydrogen-bond acceptors (Lipinski definition) is 18. The average molecular weight is 1440 g/mol. The Labute approximate surface area is 564 Å². The van der Waals surface area contributed by atoms with Gasteiger partial charge in [0, 0.05) is 73.2 Å². The molecule has 12 aromatic rings. The van der Waals surface area contributed by atoms with Crippen molar-refractivity contribution in [1.82, 2.24) is 49.7 Å². The molecule has 0 atom stereocenters. The van der Waals surface area contributed by atoms with E-state index in [2.05, 4.69) is 56.5 Å². The predicted molar refractivity (Wildman–Crippen MR) is 365 cm³/mol. The number of anilines is 2. The molecule has 0 radical (unpaired) electrons. The van der Waals surface area contributed by atoms with Gasteiger partial charge in [-0.15, -0.1) is 0 Å². The molecule has 1 fully saturated rings. The number of carbonyl (C=O) groups is 2. The van der Waals surface area contributed by atoms with Crippen molar-refractivity contribution in [3.8, 4) is 45.3 Å². The molecule has 2 N–H and O–H groups in total. The van der Waals surface area contributed by atoms with E-state index in [1.807, 2.05) is 27.7 Å². The topological polar surface area (TPSA) is 299 Å². The number of halogens is 5. The van der Waals surface area contributed by atoms with Crippen LogP contribution in [-0.4, -0.2) is 127 Å². The van der Waals surface area contributed by atoms with E-state index in [0.29, 0.717) is 43.3 Å². The van der Waals surface area contributed by atoms with Crippen LogP contribution in [0, 0.1) is 23.3 Å². The molecule has 0 unspecified atom stereocenters. The van der Waals surface area contributed by atoms with Gasteiger partial charge in [0.2, 0.25) is 20.0 Å². The number of hydrogen-bond donors (Lipinski definition) is 2. The summed E-state index contributed by atoms with van der Waals surface area (Å²) in [7, 11) is -2.69. The Morgan fingerprint density at radius 1 is 0.561 bits per heavy atom. The maximum atomic E-state index is 13.9.